The number of benzene rings is 2. The van der Waals surface area contributed by atoms with Crippen molar-refractivity contribution >= 4 is 35.4 Å². The number of nitrogens with zero attached hydrogens (tertiary/aromatic N) is 4. The molecule has 12 heteroatoms. The van der Waals surface area contributed by atoms with Gasteiger partial charge in [-0.05, 0) is 67.3 Å². The molecule has 2 aliphatic rings. The number of carbonyl (C=O) groups is 4. The minimum atomic E-state index is -1.32. The molecule has 0 radical (unpaired) electrons. The maximum absolute atomic E-state index is 13.1. The van der Waals surface area contributed by atoms with Gasteiger partial charge in [-0.15, -0.1) is 0 Å². The number of aromatic nitrogens is 2. The molecule has 12 nitrogen and oxygen atoms in total. The maximum atomic E-state index is 13.1. The Morgan fingerprint density at radius 1 is 0.654 bits per heavy atom. The van der Waals surface area contributed by atoms with E-state index >= 15 is 0 Å². The monoisotopic (exact) mass is 706 g/mol. The van der Waals surface area contributed by atoms with Gasteiger partial charge in [-0.1, -0.05) is 48.5 Å². The molecule has 6 rings (SSSR count). The first-order chi connectivity index (χ1) is 25.0. The molecule has 2 heterocycles. The summed E-state index contributed by atoms with van der Waals surface area (Å²) < 4.78 is 5.32. The predicted molar refractivity (Wildman–Crippen MR) is 199 cm³/mol. The average molecular weight is 707 g/mol. The van der Waals surface area contributed by atoms with Crippen molar-refractivity contribution in [2.45, 2.75) is 57.5 Å². The van der Waals surface area contributed by atoms with Gasteiger partial charge >= 0.3 is 11.9 Å². The van der Waals surface area contributed by atoms with Crippen LogP contribution in [0.5, 0.6) is 0 Å². The summed E-state index contributed by atoms with van der Waals surface area (Å²) >= 11 is 0. The third kappa shape index (κ3) is 7.75. The summed E-state index contributed by atoms with van der Waals surface area (Å²) in [5.41, 5.74) is 2.45. The Hall–Kier alpha value is -5.78. The van der Waals surface area contributed by atoms with Gasteiger partial charge in [0, 0.05) is 65.3 Å². The van der Waals surface area contributed by atoms with Crippen molar-refractivity contribution in [2.24, 2.45) is 0 Å². The van der Waals surface area contributed by atoms with Crippen molar-refractivity contribution in [3.8, 4) is 0 Å². The molecular weight excluding hydrogens is 660 g/mol. The average Bonchev–Trinajstić information content (AvgIpc) is 3.74. The van der Waals surface area contributed by atoms with Crippen LogP contribution in [-0.2, 0) is 40.0 Å². The Balaban J connectivity index is 0.000000202. The number of esters is 1. The van der Waals surface area contributed by atoms with E-state index in [0.717, 1.165) is 22.3 Å². The van der Waals surface area contributed by atoms with Crippen molar-refractivity contribution in [1.29, 1.82) is 0 Å². The molecule has 0 aliphatic heterocycles. The largest absolute Gasteiger partial charge is 0.479 e. The zero-order valence-corrected chi connectivity index (χ0v) is 30.3. The summed E-state index contributed by atoms with van der Waals surface area (Å²) in [5, 5.41) is 15.6. The lowest BCUT2D eigenvalue weighted by Crippen LogP contribution is -2.56. The van der Waals surface area contributed by atoms with Crippen molar-refractivity contribution < 1.29 is 29.0 Å². The number of anilines is 2. The standard InChI is InChI=1S/C21H25N3O3.C19H21N3O3/c1-4-24(3)18-17(11-8-12-22-18)19(25)23-21(20(26)27-5-2)13-15-9-6-7-10-16(15)14-21;1-3-22(2)16-15(9-6-10-20-16)17(23)21-19(18(24)25)11-13-7-4-5-8-14(13)12-19/h6-12H,4-5,13-14H2,1-3H3,(H,23,25);4-10H,3,11-12H2,1-2H3,(H,21,23)(H,24,25). The van der Waals surface area contributed by atoms with Gasteiger partial charge in [0.2, 0.25) is 0 Å². The van der Waals surface area contributed by atoms with Gasteiger partial charge in [0.25, 0.3) is 11.8 Å². The number of amides is 2. The number of hydrogen-bond acceptors (Lipinski definition) is 9. The van der Waals surface area contributed by atoms with Crippen LogP contribution < -0.4 is 20.4 Å². The van der Waals surface area contributed by atoms with Crippen LogP contribution in [0.25, 0.3) is 0 Å². The summed E-state index contributed by atoms with van der Waals surface area (Å²) in [6.45, 7) is 7.39. The Morgan fingerprint density at radius 3 is 1.40 bits per heavy atom. The molecule has 2 aromatic carbocycles. The van der Waals surface area contributed by atoms with Crippen LogP contribution in [-0.4, -0.2) is 83.7 Å². The second-order valence-corrected chi connectivity index (χ2v) is 13.1. The third-order valence-corrected chi connectivity index (χ3v) is 9.72. The fraction of sp³-hybridized carbons (Fsp3) is 0.350. The number of ether oxygens (including phenoxy) is 1. The number of nitrogens with one attached hydrogen (secondary N) is 2. The fourth-order valence-corrected chi connectivity index (χ4v) is 6.70. The van der Waals surface area contributed by atoms with Gasteiger partial charge in [-0.3, -0.25) is 9.59 Å². The summed E-state index contributed by atoms with van der Waals surface area (Å²) in [4.78, 5) is 63.1. The van der Waals surface area contributed by atoms with E-state index in [1.807, 2.05) is 86.3 Å². The highest BCUT2D eigenvalue weighted by Crippen LogP contribution is 2.33. The number of hydrogen-bond donors (Lipinski definition) is 3. The molecule has 0 bridgehead atoms. The maximum Gasteiger partial charge on any atom is 0.332 e. The number of pyridine rings is 2. The highest BCUT2D eigenvalue weighted by Gasteiger charge is 2.47. The van der Waals surface area contributed by atoms with Crippen LogP contribution in [0.3, 0.4) is 0 Å². The van der Waals surface area contributed by atoms with E-state index in [1.165, 1.54) is 0 Å². The van der Waals surface area contributed by atoms with E-state index in [2.05, 4.69) is 20.6 Å². The molecule has 2 aromatic heterocycles. The predicted octanol–water partition coefficient (Wildman–Crippen LogP) is 4.26. The van der Waals surface area contributed by atoms with E-state index in [9.17, 15) is 24.3 Å². The van der Waals surface area contributed by atoms with E-state index in [1.54, 1.807) is 43.6 Å². The lowest BCUT2D eigenvalue weighted by Gasteiger charge is -2.29. The highest BCUT2D eigenvalue weighted by atomic mass is 16.5. The van der Waals surface area contributed by atoms with Gasteiger partial charge < -0.3 is 30.3 Å². The van der Waals surface area contributed by atoms with Gasteiger partial charge in [-0.2, -0.15) is 0 Å². The van der Waals surface area contributed by atoms with Crippen LogP contribution >= 0.6 is 0 Å². The van der Waals surface area contributed by atoms with E-state index in [0.29, 0.717) is 48.7 Å². The van der Waals surface area contributed by atoms with Crippen molar-refractivity contribution in [3.63, 3.8) is 0 Å². The zero-order valence-electron chi connectivity index (χ0n) is 30.3. The van der Waals surface area contributed by atoms with E-state index in [-0.39, 0.29) is 25.4 Å². The number of fused-ring (bicyclic) bond motifs is 2. The number of aliphatic carboxylic acids is 1. The van der Waals surface area contributed by atoms with Crippen LogP contribution in [0.15, 0.2) is 85.2 Å². The minimum Gasteiger partial charge on any atom is -0.479 e. The molecule has 0 unspecified atom stereocenters. The number of carboxylic acids is 1. The lowest BCUT2D eigenvalue weighted by atomic mass is 9.95. The van der Waals surface area contributed by atoms with Gasteiger partial charge in [0.1, 0.15) is 22.7 Å². The smallest absolute Gasteiger partial charge is 0.332 e. The molecule has 0 saturated heterocycles. The normalized spacial score (nSPS) is 14.5. The Labute approximate surface area is 304 Å². The zero-order chi connectivity index (χ0) is 37.5. The van der Waals surface area contributed by atoms with E-state index in [4.69, 9.17) is 4.74 Å². The first-order valence-electron chi connectivity index (χ1n) is 17.5. The van der Waals surface area contributed by atoms with Gasteiger partial charge in [0.05, 0.1) is 17.7 Å². The number of rotatable bonds is 11. The summed E-state index contributed by atoms with van der Waals surface area (Å²) in [6.07, 6.45) is 4.69. The van der Waals surface area contributed by atoms with Crippen molar-refractivity contribution in [2.75, 3.05) is 43.6 Å². The molecule has 0 atom stereocenters. The summed E-state index contributed by atoms with van der Waals surface area (Å²) in [7, 11) is 3.73. The molecule has 2 aliphatic carbocycles. The second-order valence-electron chi connectivity index (χ2n) is 13.1. The van der Waals surface area contributed by atoms with Crippen LogP contribution in [0.1, 0.15) is 63.7 Å². The summed E-state index contributed by atoms with van der Waals surface area (Å²) in [5.74, 6) is -1.03. The number of carbonyl (C=O) groups excluding carboxylic acids is 3. The fourth-order valence-electron chi connectivity index (χ4n) is 6.70. The molecule has 0 fully saturated rings. The summed E-state index contributed by atoms with van der Waals surface area (Å²) in [6, 6.07) is 22.2. The molecule has 272 valence electrons. The topological polar surface area (TPSA) is 154 Å². The Morgan fingerprint density at radius 2 is 1.04 bits per heavy atom. The first-order valence-corrected chi connectivity index (χ1v) is 17.5. The molecule has 2 amide bonds. The van der Waals surface area contributed by atoms with Crippen molar-refractivity contribution in [3.05, 3.63) is 119 Å². The molecular formula is C40H46N6O6. The highest BCUT2D eigenvalue weighted by molar-refractivity contribution is 6.03. The third-order valence-electron chi connectivity index (χ3n) is 9.72. The molecule has 0 saturated carbocycles. The molecule has 0 spiro atoms. The Bertz CT molecular complexity index is 1900. The lowest BCUT2D eigenvalue weighted by molar-refractivity contribution is -0.150. The molecule has 4 aromatic rings. The van der Waals surface area contributed by atoms with Crippen LogP contribution in [0.4, 0.5) is 11.6 Å². The molecule has 3 N–H and O–H groups in total. The molecule has 52 heavy (non-hydrogen) atoms. The van der Waals surface area contributed by atoms with E-state index < -0.39 is 28.9 Å². The SMILES string of the molecule is CCN(C)c1ncccc1C(=O)NC1(C(=O)O)Cc2ccccc2C1.CCOC(=O)C1(NC(=O)c2cccnc2N(C)CC)Cc2ccccc2C1. The van der Waals surface area contributed by atoms with Crippen molar-refractivity contribution in [1.82, 2.24) is 20.6 Å². The first kappa shape index (κ1) is 37.5. The Kier molecular flexibility index (Phi) is 11.6. The van der Waals surface area contributed by atoms with Crippen LogP contribution in [0.2, 0.25) is 0 Å². The second kappa shape index (κ2) is 16.1. The quantitative estimate of drug-likeness (QED) is 0.193. The van der Waals surface area contributed by atoms with Gasteiger partial charge in [-0.25, -0.2) is 19.6 Å². The minimum absolute atomic E-state index is 0.267. The number of carboxylic acid groups (broad SMARTS) is 1. The van der Waals surface area contributed by atoms with Crippen LogP contribution in [0, 0.1) is 0 Å². The van der Waals surface area contributed by atoms with Gasteiger partial charge in [0.15, 0.2) is 0 Å².